The molecule has 0 radical (unpaired) electrons. The molecule has 0 saturated heterocycles. The molecular formula is C48H30N2O. The van der Waals surface area contributed by atoms with Gasteiger partial charge in [-0.1, -0.05) is 127 Å². The van der Waals surface area contributed by atoms with Gasteiger partial charge in [0.1, 0.15) is 11.2 Å². The van der Waals surface area contributed by atoms with E-state index in [-0.39, 0.29) is 0 Å². The Balaban J connectivity index is 1.11. The van der Waals surface area contributed by atoms with Crippen LogP contribution in [-0.4, -0.2) is 9.13 Å². The van der Waals surface area contributed by atoms with Gasteiger partial charge in [-0.2, -0.15) is 0 Å². The number of fused-ring (bicyclic) bond motifs is 9. The van der Waals surface area contributed by atoms with Crippen LogP contribution in [-0.2, 0) is 0 Å². The first-order valence-electron chi connectivity index (χ1n) is 17.4. The Kier molecular flexibility index (Phi) is 5.96. The molecule has 3 aromatic heterocycles. The lowest BCUT2D eigenvalue weighted by molar-refractivity contribution is 0.669. The van der Waals surface area contributed by atoms with Crippen molar-refractivity contribution in [3.05, 3.63) is 182 Å². The van der Waals surface area contributed by atoms with Gasteiger partial charge in [0.25, 0.3) is 0 Å². The van der Waals surface area contributed by atoms with Crippen LogP contribution in [0.25, 0.3) is 99.2 Å². The zero-order valence-electron chi connectivity index (χ0n) is 27.6. The highest BCUT2D eigenvalue weighted by Crippen LogP contribution is 2.42. The van der Waals surface area contributed by atoms with E-state index in [9.17, 15) is 0 Å². The average molecular weight is 651 g/mol. The van der Waals surface area contributed by atoms with Crippen molar-refractivity contribution in [1.29, 1.82) is 0 Å². The van der Waals surface area contributed by atoms with Gasteiger partial charge in [0.2, 0.25) is 0 Å². The second-order valence-electron chi connectivity index (χ2n) is 13.3. The lowest BCUT2D eigenvalue weighted by Crippen LogP contribution is -1.95. The van der Waals surface area contributed by atoms with Gasteiger partial charge in [-0.05, 0) is 76.9 Å². The maximum Gasteiger partial charge on any atom is 0.137 e. The van der Waals surface area contributed by atoms with Crippen molar-refractivity contribution in [2.24, 2.45) is 0 Å². The van der Waals surface area contributed by atoms with Crippen molar-refractivity contribution in [2.45, 2.75) is 0 Å². The summed E-state index contributed by atoms with van der Waals surface area (Å²) in [6, 6.07) is 65.5. The molecule has 3 heterocycles. The first-order chi connectivity index (χ1) is 25.3. The van der Waals surface area contributed by atoms with Gasteiger partial charge in [-0.25, -0.2) is 0 Å². The Labute approximate surface area is 293 Å². The van der Waals surface area contributed by atoms with E-state index in [1.807, 2.05) is 6.07 Å². The lowest BCUT2D eigenvalue weighted by Gasteiger charge is -2.11. The fourth-order valence-corrected chi connectivity index (χ4v) is 8.20. The largest absolute Gasteiger partial charge is 0.456 e. The topological polar surface area (TPSA) is 23.0 Å². The molecular weight excluding hydrogens is 621 g/mol. The molecule has 0 aliphatic heterocycles. The van der Waals surface area contributed by atoms with Gasteiger partial charge >= 0.3 is 0 Å². The number of nitrogens with zero attached hydrogens (tertiary/aromatic N) is 2. The second-order valence-corrected chi connectivity index (χ2v) is 13.3. The number of aromatic nitrogens is 2. The predicted molar refractivity (Wildman–Crippen MR) is 213 cm³/mol. The zero-order valence-corrected chi connectivity index (χ0v) is 27.6. The normalized spacial score (nSPS) is 11.9. The SMILES string of the molecule is c1ccc(-c2ccc(-c3ccc(-n4c5ccccc5c5cc6c(cc54)c4ccccc4n6-c4cccc5oc6ccccc6c45)cc3)cc2)cc1. The van der Waals surface area contributed by atoms with E-state index in [4.69, 9.17) is 4.42 Å². The molecule has 0 aliphatic carbocycles. The molecule has 0 spiro atoms. The molecule has 11 rings (SSSR count). The Hall–Kier alpha value is -6.84. The summed E-state index contributed by atoms with van der Waals surface area (Å²) in [5.74, 6) is 0. The van der Waals surface area contributed by atoms with Crippen molar-refractivity contribution in [2.75, 3.05) is 0 Å². The number of rotatable bonds is 4. The summed E-state index contributed by atoms with van der Waals surface area (Å²) in [5, 5.41) is 7.17. The molecule has 8 aromatic carbocycles. The number of hydrogen-bond donors (Lipinski definition) is 0. The number of furan rings is 1. The number of para-hydroxylation sites is 3. The fraction of sp³-hybridized carbons (Fsp3) is 0. The van der Waals surface area contributed by atoms with E-state index in [0.717, 1.165) is 33.3 Å². The van der Waals surface area contributed by atoms with Crippen molar-refractivity contribution in [1.82, 2.24) is 9.13 Å². The highest BCUT2D eigenvalue weighted by atomic mass is 16.3. The third-order valence-electron chi connectivity index (χ3n) is 10.5. The summed E-state index contributed by atoms with van der Waals surface area (Å²) in [7, 11) is 0. The van der Waals surface area contributed by atoms with Crippen molar-refractivity contribution < 1.29 is 4.42 Å². The smallest absolute Gasteiger partial charge is 0.137 e. The van der Waals surface area contributed by atoms with Crippen LogP contribution < -0.4 is 0 Å². The molecule has 0 aliphatic rings. The average Bonchev–Trinajstić information content (AvgIpc) is 3.85. The van der Waals surface area contributed by atoms with Crippen LogP contribution in [0.4, 0.5) is 0 Å². The third-order valence-corrected chi connectivity index (χ3v) is 10.5. The van der Waals surface area contributed by atoms with Crippen molar-refractivity contribution in [3.8, 4) is 33.6 Å². The van der Waals surface area contributed by atoms with Gasteiger partial charge in [-0.15, -0.1) is 0 Å². The Bertz CT molecular complexity index is 3100. The molecule has 3 heteroatoms. The maximum absolute atomic E-state index is 6.34. The minimum absolute atomic E-state index is 0.896. The van der Waals surface area contributed by atoms with Crippen molar-refractivity contribution in [3.63, 3.8) is 0 Å². The summed E-state index contributed by atoms with van der Waals surface area (Å²) in [4.78, 5) is 0. The van der Waals surface area contributed by atoms with E-state index < -0.39 is 0 Å². The molecule has 3 nitrogen and oxygen atoms in total. The summed E-state index contributed by atoms with van der Waals surface area (Å²) in [6.07, 6.45) is 0. The highest BCUT2D eigenvalue weighted by molar-refractivity contribution is 6.20. The highest BCUT2D eigenvalue weighted by Gasteiger charge is 2.20. The number of benzene rings is 8. The second kappa shape index (κ2) is 10.8. The Morgan fingerprint density at radius 2 is 0.804 bits per heavy atom. The molecule has 0 bridgehead atoms. The molecule has 0 unspecified atom stereocenters. The summed E-state index contributed by atoms with van der Waals surface area (Å²) in [5.41, 5.74) is 13.7. The molecule has 0 amide bonds. The van der Waals surface area contributed by atoms with E-state index in [1.54, 1.807) is 0 Å². The summed E-state index contributed by atoms with van der Waals surface area (Å²) in [6.45, 7) is 0. The van der Waals surface area contributed by atoms with Gasteiger partial charge in [-0.3, -0.25) is 0 Å². The number of hydrogen-bond acceptors (Lipinski definition) is 1. The van der Waals surface area contributed by atoms with Crippen LogP contribution in [0.5, 0.6) is 0 Å². The Morgan fingerprint density at radius 1 is 0.314 bits per heavy atom. The molecule has 0 saturated carbocycles. The zero-order chi connectivity index (χ0) is 33.5. The minimum Gasteiger partial charge on any atom is -0.456 e. The van der Waals surface area contributed by atoms with E-state index >= 15 is 0 Å². The molecule has 238 valence electrons. The maximum atomic E-state index is 6.34. The monoisotopic (exact) mass is 650 g/mol. The van der Waals surface area contributed by atoms with Gasteiger partial charge in [0.05, 0.1) is 33.1 Å². The lowest BCUT2D eigenvalue weighted by atomic mass is 10.0. The van der Waals surface area contributed by atoms with Crippen LogP contribution in [0.3, 0.4) is 0 Å². The molecule has 51 heavy (non-hydrogen) atoms. The van der Waals surface area contributed by atoms with E-state index in [2.05, 4.69) is 185 Å². The van der Waals surface area contributed by atoms with Crippen LogP contribution in [0.1, 0.15) is 0 Å². The standard InChI is InChI=1S/C48H30N2O/c1-2-11-31(12-3-1)32-21-23-33(24-22-32)34-25-27-35(28-26-34)49-41-16-7-4-13-36(41)39-30-45-40(29-44(39)49)37-14-5-8-17-42(37)50(45)43-18-10-20-47-48(43)38-15-6-9-19-46(38)51-47/h1-30H. The van der Waals surface area contributed by atoms with Gasteiger partial charge in [0.15, 0.2) is 0 Å². The molecule has 0 atom stereocenters. The van der Waals surface area contributed by atoms with E-state index in [0.29, 0.717) is 0 Å². The van der Waals surface area contributed by atoms with Crippen molar-refractivity contribution >= 4 is 65.6 Å². The summed E-state index contributed by atoms with van der Waals surface area (Å²) >= 11 is 0. The predicted octanol–water partition coefficient (Wildman–Crippen LogP) is 13.1. The fourth-order valence-electron chi connectivity index (χ4n) is 8.20. The first-order valence-corrected chi connectivity index (χ1v) is 17.4. The molecule has 0 fully saturated rings. The third kappa shape index (κ3) is 4.19. The van der Waals surface area contributed by atoms with Gasteiger partial charge < -0.3 is 13.6 Å². The summed E-state index contributed by atoms with van der Waals surface area (Å²) < 4.78 is 11.2. The first kappa shape index (κ1) is 28.0. The van der Waals surface area contributed by atoms with Crippen LogP contribution in [0, 0.1) is 0 Å². The van der Waals surface area contributed by atoms with Gasteiger partial charge in [0, 0.05) is 32.6 Å². The minimum atomic E-state index is 0.896. The van der Waals surface area contributed by atoms with Crippen LogP contribution >= 0.6 is 0 Å². The quantitative estimate of drug-likeness (QED) is 0.186. The molecule has 0 N–H and O–H groups in total. The Morgan fingerprint density at radius 3 is 1.47 bits per heavy atom. The van der Waals surface area contributed by atoms with Crippen LogP contribution in [0.15, 0.2) is 186 Å². The van der Waals surface area contributed by atoms with Crippen LogP contribution in [0.2, 0.25) is 0 Å². The molecule has 11 aromatic rings. The van der Waals surface area contributed by atoms with E-state index in [1.165, 1.54) is 65.9 Å².